The number of ether oxygens (including phenoxy) is 2. The minimum atomic E-state index is 0.157. The fourth-order valence-corrected chi connectivity index (χ4v) is 3.75. The van der Waals surface area contributed by atoms with Crippen LogP contribution in [0.15, 0.2) is 23.5 Å². The molecule has 2 N–H and O–H groups in total. The zero-order valence-electron chi connectivity index (χ0n) is 19.2. The minimum Gasteiger partial charge on any atom is -0.379 e. The number of hydrogen-bond acceptors (Lipinski definition) is 7. The number of carbonyl (C=O) groups excluding carboxylic acids is 1. The Morgan fingerprint density at radius 2 is 2.06 bits per heavy atom. The Morgan fingerprint density at radius 3 is 2.78 bits per heavy atom. The van der Waals surface area contributed by atoms with Crippen LogP contribution in [0.25, 0.3) is 0 Å². The Bertz CT molecular complexity index is 690. The maximum Gasteiger partial charge on any atom is 0.225 e. The van der Waals surface area contributed by atoms with Crippen molar-refractivity contribution in [1.82, 2.24) is 25.5 Å². The molecule has 10 nitrogen and oxygen atoms in total. The lowest BCUT2D eigenvalue weighted by Crippen LogP contribution is -2.50. The average Bonchev–Trinajstić information content (AvgIpc) is 3.35. The quantitative estimate of drug-likeness (QED) is 0.290. The second kappa shape index (κ2) is 13.8. The van der Waals surface area contributed by atoms with Gasteiger partial charge in [-0.1, -0.05) is 0 Å². The molecule has 0 saturated carbocycles. The number of carbonyl (C=O) groups is 1. The van der Waals surface area contributed by atoms with Crippen molar-refractivity contribution in [2.75, 3.05) is 70.5 Å². The number of guanidine groups is 1. The van der Waals surface area contributed by atoms with Crippen LogP contribution in [-0.4, -0.2) is 98.5 Å². The molecule has 1 aromatic heterocycles. The third kappa shape index (κ3) is 8.23. The number of nitrogens with zero attached hydrogens (tertiary/aromatic N) is 5. The molecule has 32 heavy (non-hydrogen) atoms. The van der Waals surface area contributed by atoms with Crippen LogP contribution in [0.1, 0.15) is 32.6 Å². The molecule has 1 aromatic rings. The van der Waals surface area contributed by atoms with E-state index in [0.717, 1.165) is 57.4 Å². The van der Waals surface area contributed by atoms with E-state index in [-0.39, 0.29) is 12.0 Å². The fraction of sp³-hybridized carbons (Fsp3) is 0.727. The minimum absolute atomic E-state index is 0.157. The second-order valence-electron chi connectivity index (χ2n) is 7.92. The molecule has 3 heterocycles. The molecule has 1 unspecified atom stereocenters. The Hall–Kier alpha value is -2.46. The van der Waals surface area contributed by atoms with Gasteiger partial charge in [0.1, 0.15) is 0 Å². The van der Waals surface area contributed by atoms with Gasteiger partial charge < -0.3 is 29.9 Å². The topological polar surface area (TPSA) is 104 Å². The van der Waals surface area contributed by atoms with Gasteiger partial charge in [-0.2, -0.15) is 0 Å². The number of rotatable bonds is 11. The summed E-state index contributed by atoms with van der Waals surface area (Å²) in [6, 6.07) is 1.81. The van der Waals surface area contributed by atoms with Gasteiger partial charge in [-0.25, -0.2) is 9.97 Å². The largest absolute Gasteiger partial charge is 0.379 e. The molecule has 2 aliphatic heterocycles. The molecule has 0 spiro atoms. The van der Waals surface area contributed by atoms with Gasteiger partial charge in [-0.15, -0.1) is 0 Å². The van der Waals surface area contributed by atoms with Crippen LogP contribution in [0.3, 0.4) is 0 Å². The highest BCUT2D eigenvalue weighted by molar-refractivity contribution is 5.81. The van der Waals surface area contributed by atoms with Crippen molar-refractivity contribution in [3.05, 3.63) is 18.5 Å². The molecule has 1 atom stereocenters. The van der Waals surface area contributed by atoms with E-state index in [9.17, 15) is 4.79 Å². The van der Waals surface area contributed by atoms with E-state index in [4.69, 9.17) is 9.47 Å². The normalized spacial score (nSPS) is 19.3. The van der Waals surface area contributed by atoms with Gasteiger partial charge in [0, 0.05) is 77.8 Å². The third-order valence-corrected chi connectivity index (χ3v) is 5.49. The van der Waals surface area contributed by atoms with E-state index in [0.29, 0.717) is 45.8 Å². The smallest absolute Gasteiger partial charge is 0.225 e. The molecule has 178 valence electrons. The summed E-state index contributed by atoms with van der Waals surface area (Å²) in [5, 5.41) is 6.49. The van der Waals surface area contributed by atoms with E-state index in [1.54, 1.807) is 12.4 Å². The number of hydrogen-bond donors (Lipinski definition) is 2. The Balaban J connectivity index is 1.28. The lowest BCUT2D eigenvalue weighted by Gasteiger charge is -2.34. The Kier molecular flexibility index (Phi) is 10.5. The molecule has 3 rings (SSSR count). The van der Waals surface area contributed by atoms with Crippen molar-refractivity contribution in [3.63, 3.8) is 0 Å². The second-order valence-corrected chi connectivity index (χ2v) is 7.92. The molecule has 0 aromatic carbocycles. The van der Waals surface area contributed by atoms with E-state index in [1.165, 1.54) is 0 Å². The number of aromatic nitrogens is 2. The highest BCUT2D eigenvalue weighted by atomic mass is 16.5. The number of anilines is 1. The monoisotopic (exact) mass is 447 g/mol. The predicted molar refractivity (Wildman–Crippen MR) is 124 cm³/mol. The van der Waals surface area contributed by atoms with Crippen LogP contribution in [0.2, 0.25) is 0 Å². The first-order valence-electron chi connectivity index (χ1n) is 11.8. The predicted octanol–water partition coefficient (Wildman–Crippen LogP) is 0.656. The molecule has 2 fully saturated rings. The van der Waals surface area contributed by atoms with Gasteiger partial charge >= 0.3 is 0 Å². The van der Waals surface area contributed by atoms with E-state index >= 15 is 0 Å². The Morgan fingerprint density at radius 1 is 1.25 bits per heavy atom. The van der Waals surface area contributed by atoms with E-state index in [1.807, 2.05) is 17.9 Å². The molecular formula is C22H37N7O3. The lowest BCUT2D eigenvalue weighted by atomic mass is 10.2. The summed E-state index contributed by atoms with van der Waals surface area (Å²) in [6.07, 6.45) is 7.29. The molecule has 2 aliphatic rings. The van der Waals surface area contributed by atoms with E-state index in [2.05, 4.69) is 30.5 Å². The zero-order chi connectivity index (χ0) is 22.4. The molecule has 1 amide bonds. The summed E-state index contributed by atoms with van der Waals surface area (Å²) < 4.78 is 11.2. The molecule has 0 radical (unpaired) electrons. The number of amides is 1. The van der Waals surface area contributed by atoms with Gasteiger partial charge in [0.2, 0.25) is 11.9 Å². The zero-order valence-corrected chi connectivity index (χ0v) is 19.2. The van der Waals surface area contributed by atoms with Crippen molar-refractivity contribution in [3.8, 4) is 0 Å². The summed E-state index contributed by atoms with van der Waals surface area (Å²) >= 11 is 0. The molecule has 2 saturated heterocycles. The number of piperazine rings is 1. The molecule has 0 aliphatic carbocycles. The number of nitrogens with one attached hydrogen (secondary N) is 2. The summed E-state index contributed by atoms with van der Waals surface area (Å²) in [4.78, 5) is 29.7. The van der Waals surface area contributed by atoms with E-state index < -0.39 is 0 Å². The summed E-state index contributed by atoms with van der Waals surface area (Å²) in [5.74, 6) is 1.63. The van der Waals surface area contributed by atoms with Gasteiger partial charge in [0.25, 0.3) is 0 Å². The van der Waals surface area contributed by atoms with Crippen molar-refractivity contribution >= 4 is 17.8 Å². The lowest BCUT2D eigenvalue weighted by molar-refractivity contribution is -0.131. The van der Waals surface area contributed by atoms with Gasteiger partial charge in [-0.3, -0.25) is 9.79 Å². The van der Waals surface area contributed by atoms with Crippen LogP contribution in [-0.2, 0) is 14.3 Å². The van der Waals surface area contributed by atoms with Gasteiger partial charge in [-0.05, 0) is 32.3 Å². The molecule has 0 bridgehead atoms. The third-order valence-electron chi connectivity index (χ3n) is 5.49. The van der Waals surface area contributed by atoms with Crippen LogP contribution in [0.4, 0.5) is 5.95 Å². The summed E-state index contributed by atoms with van der Waals surface area (Å²) in [5.41, 5.74) is 0. The number of aliphatic imine (C=N–C) groups is 1. The van der Waals surface area contributed by atoms with Crippen molar-refractivity contribution in [2.45, 2.75) is 38.7 Å². The van der Waals surface area contributed by atoms with Crippen molar-refractivity contribution < 1.29 is 14.3 Å². The standard InChI is InChI=1S/C22H37N7O3/c1-2-23-21(24-10-5-16-31-18-19-6-3-17-32-19)25-11-7-20(30)28-12-14-29(15-13-28)22-26-8-4-9-27-22/h4,8-9,19H,2-3,5-7,10-18H2,1H3,(H2,23,24,25). The first-order valence-corrected chi connectivity index (χ1v) is 11.8. The van der Waals surface area contributed by atoms with Crippen LogP contribution < -0.4 is 15.5 Å². The summed E-state index contributed by atoms with van der Waals surface area (Å²) in [7, 11) is 0. The van der Waals surface area contributed by atoms with Crippen LogP contribution >= 0.6 is 0 Å². The molecule has 10 heteroatoms. The van der Waals surface area contributed by atoms with Crippen LogP contribution in [0, 0.1) is 0 Å². The van der Waals surface area contributed by atoms with Gasteiger partial charge in [0.15, 0.2) is 5.96 Å². The maximum absolute atomic E-state index is 12.6. The van der Waals surface area contributed by atoms with Crippen molar-refractivity contribution in [2.24, 2.45) is 4.99 Å². The average molecular weight is 448 g/mol. The van der Waals surface area contributed by atoms with Gasteiger partial charge in [0.05, 0.1) is 12.7 Å². The maximum atomic E-state index is 12.6. The first-order chi connectivity index (χ1) is 15.8. The van der Waals surface area contributed by atoms with Crippen LogP contribution in [0.5, 0.6) is 0 Å². The van der Waals surface area contributed by atoms with Crippen molar-refractivity contribution in [1.29, 1.82) is 0 Å². The molecular weight excluding hydrogens is 410 g/mol. The first kappa shape index (κ1) is 24.2. The summed E-state index contributed by atoms with van der Waals surface area (Å²) in [6.45, 7) is 9.15. The fourth-order valence-electron chi connectivity index (χ4n) is 3.75. The highest BCUT2D eigenvalue weighted by Crippen LogP contribution is 2.12. The highest BCUT2D eigenvalue weighted by Gasteiger charge is 2.22. The Labute approximate surface area is 190 Å². The SMILES string of the molecule is CCNC(=NCCCOCC1CCCO1)NCCC(=O)N1CCN(c2ncccn2)CC1.